The van der Waals surface area contributed by atoms with Gasteiger partial charge in [0, 0.05) is 33.1 Å². The van der Waals surface area contributed by atoms with E-state index in [1.165, 1.54) is 25.7 Å². The molecule has 2 fully saturated rings. The minimum atomic E-state index is -0.269. The highest BCUT2D eigenvalue weighted by Gasteiger charge is 2.36. The number of aromatic amines is 1. The van der Waals surface area contributed by atoms with Gasteiger partial charge in [0.2, 0.25) is 5.95 Å². The molecule has 0 spiro atoms. The van der Waals surface area contributed by atoms with Gasteiger partial charge >= 0.3 is 6.03 Å². The summed E-state index contributed by atoms with van der Waals surface area (Å²) in [6.45, 7) is 1.58. The predicted molar refractivity (Wildman–Crippen MR) is 90.6 cm³/mol. The lowest BCUT2D eigenvalue weighted by Crippen LogP contribution is -2.51. The molecule has 0 aromatic carbocycles. The van der Waals surface area contributed by atoms with Gasteiger partial charge in [-0.1, -0.05) is 25.7 Å². The Morgan fingerprint density at radius 2 is 2.12 bits per heavy atom. The molecule has 1 aromatic heterocycles. The Labute approximate surface area is 142 Å². The number of hydrogen-bond donors (Lipinski definition) is 3. The number of aromatic nitrogens is 3. The third kappa shape index (κ3) is 3.80. The number of piperidine rings is 1. The first-order valence-corrected chi connectivity index (χ1v) is 8.84. The van der Waals surface area contributed by atoms with Crippen LogP contribution in [0.4, 0.5) is 10.7 Å². The zero-order chi connectivity index (χ0) is 17.1. The van der Waals surface area contributed by atoms with Crippen LogP contribution in [0.1, 0.15) is 37.9 Å². The maximum Gasteiger partial charge on any atom is 0.317 e. The molecule has 24 heavy (non-hydrogen) atoms. The molecule has 1 saturated heterocycles. The van der Waals surface area contributed by atoms with E-state index in [1.807, 2.05) is 19.0 Å². The molecule has 134 valence electrons. The number of carbonyl (C=O) groups excluding carboxylic acids is 1. The van der Waals surface area contributed by atoms with Crippen molar-refractivity contribution in [3.8, 4) is 0 Å². The van der Waals surface area contributed by atoms with Crippen LogP contribution in [0.3, 0.4) is 0 Å². The SMILES string of the molecule is CN(C)c1n[nH]c(CNC(=O)N2CC[C@@H](O)[C@H](C3CCCC3)C2)n1. The van der Waals surface area contributed by atoms with Gasteiger partial charge in [-0.2, -0.15) is 4.98 Å². The maximum atomic E-state index is 12.4. The van der Waals surface area contributed by atoms with Crippen LogP contribution in [0.15, 0.2) is 0 Å². The Kier molecular flexibility index (Phi) is 5.23. The number of likely N-dealkylation sites (tertiary alicyclic amines) is 1. The quantitative estimate of drug-likeness (QED) is 0.761. The highest BCUT2D eigenvalue weighted by atomic mass is 16.3. The first kappa shape index (κ1) is 17.0. The summed E-state index contributed by atoms with van der Waals surface area (Å²) < 4.78 is 0. The zero-order valence-electron chi connectivity index (χ0n) is 14.5. The van der Waals surface area contributed by atoms with Gasteiger partial charge in [-0.25, -0.2) is 4.79 Å². The number of hydrogen-bond acceptors (Lipinski definition) is 5. The van der Waals surface area contributed by atoms with Crippen molar-refractivity contribution in [1.82, 2.24) is 25.4 Å². The molecule has 2 atom stereocenters. The van der Waals surface area contributed by atoms with Gasteiger partial charge in [0.1, 0.15) is 5.82 Å². The van der Waals surface area contributed by atoms with Crippen LogP contribution in [0.2, 0.25) is 0 Å². The van der Waals surface area contributed by atoms with Crippen LogP contribution in [-0.2, 0) is 6.54 Å². The second-order valence-electron chi connectivity index (χ2n) is 7.15. The van der Waals surface area contributed by atoms with Crippen molar-refractivity contribution >= 4 is 12.0 Å². The van der Waals surface area contributed by atoms with Gasteiger partial charge in [-0.3, -0.25) is 5.10 Å². The van der Waals surface area contributed by atoms with E-state index in [0.29, 0.717) is 43.7 Å². The number of nitrogens with one attached hydrogen (secondary N) is 2. The van der Waals surface area contributed by atoms with Crippen molar-refractivity contribution in [3.63, 3.8) is 0 Å². The van der Waals surface area contributed by atoms with E-state index >= 15 is 0 Å². The Hall–Kier alpha value is -1.83. The summed E-state index contributed by atoms with van der Waals surface area (Å²) in [7, 11) is 3.74. The number of urea groups is 1. The molecule has 2 heterocycles. The van der Waals surface area contributed by atoms with Crippen molar-refractivity contribution in [3.05, 3.63) is 5.82 Å². The van der Waals surface area contributed by atoms with E-state index in [1.54, 1.807) is 4.90 Å². The molecule has 1 aliphatic heterocycles. The topological polar surface area (TPSA) is 97.4 Å². The molecule has 1 aliphatic carbocycles. The molecule has 3 N–H and O–H groups in total. The fourth-order valence-electron chi connectivity index (χ4n) is 3.84. The summed E-state index contributed by atoms with van der Waals surface area (Å²) >= 11 is 0. The number of nitrogens with zero attached hydrogens (tertiary/aromatic N) is 4. The number of amides is 2. The fraction of sp³-hybridized carbons (Fsp3) is 0.812. The predicted octanol–water partition coefficient (Wildman–Crippen LogP) is 0.953. The van der Waals surface area contributed by atoms with Gasteiger partial charge in [0.25, 0.3) is 0 Å². The van der Waals surface area contributed by atoms with Crippen molar-refractivity contribution in [1.29, 1.82) is 0 Å². The standard InChI is InChI=1S/C16H28N6O2/c1-21(2)15-18-14(19-20-15)9-17-16(24)22-8-7-13(23)12(10-22)11-5-3-4-6-11/h11-13,23H,3-10H2,1-2H3,(H,17,24)(H,18,19,20)/t12-,13+/m0/s1. The number of anilines is 1. The van der Waals surface area contributed by atoms with Crippen LogP contribution < -0.4 is 10.2 Å². The van der Waals surface area contributed by atoms with Gasteiger partial charge in [0.05, 0.1) is 12.6 Å². The second-order valence-corrected chi connectivity index (χ2v) is 7.15. The summed E-state index contributed by atoms with van der Waals surface area (Å²) in [6, 6.07) is -0.0901. The number of aliphatic hydroxyl groups is 1. The molecule has 2 aliphatic rings. The second kappa shape index (κ2) is 7.38. The molecular weight excluding hydrogens is 308 g/mol. The third-order valence-electron chi connectivity index (χ3n) is 5.24. The average Bonchev–Trinajstić information content (AvgIpc) is 3.24. The molecule has 2 amide bonds. The van der Waals surface area contributed by atoms with Crippen LogP contribution in [0, 0.1) is 11.8 Å². The first-order valence-electron chi connectivity index (χ1n) is 8.84. The summed E-state index contributed by atoms with van der Waals surface area (Å²) in [4.78, 5) is 20.4. The highest BCUT2D eigenvalue weighted by Crippen LogP contribution is 2.36. The van der Waals surface area contributed by atoms with Crippen LogP contribution in [-0.4, -0.2) is 64.5 Å². The normalized spacial score (nSPS) is 25.0. The van der Waals surface area contributed by atoms with E-state index in [9.17, 15) is 9.90 Å². The van der Waals surface area contributed by atoms with Gasteiger partial charge < -0.3 is 20.2 Å². The van der Waals surface area contributed by atoms with E-state index in [0.717, 1.165) is 0 Å². The van der Waals surface area contributed by atoms with E-state index in [2.05, 4.69) is 20.5 Å². The third-order valence-corrected chi connectivity index (χ3v) is 5.24. The molecule has 0 bridgehead atoms. The molecule has 0 radical (unpaired) electrons. The maximum absolute atomic E-state index is 12.4. The number of carbonyl (C=O) groups is 1. The minimum absolute atomic E-state index is 0.0901. The largest absolute Gasteiger partial charge is 0.393 e. The molecule has 1 aromatic rings. The van der Waals surface area contributed by atoms with Crippen LogP contribution in [0.5, 0.6) is 0 Å². The minimum Gasteiger partial charge on any atom is -0.393 e. The molecule has 3 rings (SSSR count). The Bertz CT molecular complexity index is 555. The number of aliphatic hydroxyl groups excluding tert-OH is 1. The van der Waals surface area contributed by atoms with E-state index in [-0.39, 0.29) is 18.1 Å². The van der Waals surface area contributed by atoms with Crippen molar-refractivity contribution < 1.29 is 9.90 Å². The lowest BCUT2D eigenvalue weighted by molar-refractivity contribution is 0.0125. The highest BCUT2D eigenvalue weighted by molar-refractivity contribution is 5.74. The first-order chi connectivity index (χ1) is 11.5. The molecular formula is C16H28N6O2. The summed E-state index contributed by atoms with van der Waals surface area (Å²) in [5, 5.41) is 20.1. The van der Waals surface area contributed by atoms with Crippen LogP contribution >= 0.6 is 0 Å². The van der Waals surface area contributed by atoms with Crippen LogP contribution in [0.25, 0.3) is 0 Å². The lowest BCUT2D eigenvalue weighted by Gasteiger charge is -2.39. The van der Waals surface area contributed by atoms with Crippen molar-refractivity contribution in [2.45, 2.75) is 44.8 Å². The number of H-pyrrole nitrogens is 1. The average molecular weight is 336 g/mol. The molecule has 1 saturated carbocycles. The Morgan fingerprint density at radius 1 is 1.38 bits per heavy atom. The summed E-state index contributed by atoms with van der Waals surface area (Å²) in [5.74, 6) is 2.02. The zero-order valence-corrected chi connectivity index (χ0v) is 14.5. The number of rotatable bonds is 4. The monoisotopic (exact) mass is 336 g/mol. The Balaban J connectivity index is 1.52. The van der Waals surface area contributed by atoms with Gasteiger partial charge in [-0.05, 0) is 12.3 Å². The Morgan fingerprint density at radius 3 is 2.79 bits per heavy atom. The fourth-order valence-corrected chi connectivity index (χ4v) is 3.84. The van der Waals surface area contributed by atoms with Crippen molar-refractivity contribution in [2.24, 2.45) is 11.8 Å². The van der Waals surface area contributed by atoms with Gasteiger partial charge in [-0.15, -0.1) is 5.10 Å². The molecule has 8 nitrogen and oxygen atoms in total. The molecule has 8 heteroatoms. The van der Waals surface area contributed by atoms with E-state index < -0.39 is 0 Å². The smallest absolute Gasteiger partial charge is 0.317 e. The van der Waals surface area contributed by atoms with E-state index in [4.69, 9.17) is 0 Å². The summed E-state index contributed by atoms with van der Waals surface area (Å²) in [5.41, 5.74) is 0. The van der Waals surface area contributed by atoms with Gasteiger partial charge in [0.15, 0.2) is 0 Å². The lowest BCUT2D eigenvalue weighted by atomic mass is 9.82. The van der Waals surface area contributed by atoms with Crippen molar-refractivity contribution in [2.75, 3.05) is 32.1 Å². The molecule has 0 unspecified atom stereocenters. The summed E-state index contributed by atoms with van der Waals surface area (Å²) in [6.07, 6.45) is 5.26.